The minimum absolute atomic E-state index is 0.259. The number of hydrogen-bond donors (Lipinski definition) is 8. The van der Waals surface area contributed by atoms with Crippen molar-refractivity contribution in [1.29, 1.82) is 0 Å². The van der Waals surface area contributed by atoms with Crippen LogP contribution < -0.4 is 22.9 Å². The van der Waals surface area contributed by atoms with E-state index >= 15 is 0 Å². The highest BCUT2D eigenvalue weighted by molar-refractivity contribution is 4.94. The van der Waals surface area contributed by atoms with Gasteiger partial charge in [0.15, 0.2) is 6.04 Å². The molecule has 1 aliphatic carbocycles. The molecule has 1 heterocycles. The van der Waals surface area contributed by atoms with Gasteiger partial charge in [0.1, 0.15) is 55.3 Å². The molecule has 0 spiro atoms. The van der Waals surface area contributed by atoms with E-state index in [1.807, 2.05) is 0 Å². The van der Waals surface area contributed by atoms with E-state index in [0.717, 1.165) is 0 Å². The van der Waals surface area contributed by atoms with Crippen LogP contribution in [0.1, 0.15) is 6.42 Å². The van der Waals surface area contributed by atoms with E-state index in [1.54, 1.807) is 0 Å². The van der Waals surface area contributed by atoms with Crippen LogP contribution in [0, 0.1) is 0 Å². The average Bonchev–Trinajstić information content (AvgIpc) is 2.49. The molecule has 1 saturated heterocycles. The average molecular weight is 326 g/mol. The third kappa shape index (κ3) is 3.26. The lowest BCUT2D eigenvalue weighted by Gasteiger charge is -2.42. The van der Waals surface area contributed by atoms with Crippen LogP contribution in [0.4, 0.5) is 0 Å². The first kappa shape index (κ1) is 17.9. The largest absolute Gasteiger partial charge is 0.387 e. The van der Waals surface area contributed by atoms with Gasteiger partial charge in [-0.25, -0.2) is 0 Å². The fourth-order valence-electron chi connectivity index (χ4n) is 3.12. The highest BCUT2D eigenvalue weighted by atomic mass is 16.7. The summed E-state index contributed by atoms with van der Waals surface area (Å²) in [5.41, 5.74) is 15.2. The van der Waals surface area contributed by atoms with Crippen molar-refractivity contribution in [2.75, 3.05) is 6.54 Å². The Balaban J connectivity index is 2.08. The molecule has 2 aliphatic rings. The summed E-state index contributed by atoms with van der Waals surface area (Å²) in [7, 11) is 0. The molecule has 1 aliphatic heterocycles. The third-order valence-electron chi connectivity index (χ3n) is 4.64. The van der Waals surface area contributed by atoms with Gasteiger partial charge in [0.25, 0.3) is 0 Å². The molecular formula is C12H30N4O6+4. The molecule has 16 N–H and O–H groups in total. The Bertz CT molecular complexity index is 376. The van der Waals surface area contributed by atoms with Crippen molar-refractivity contribution < 1.29 is 52.8 Å². The van der Waals surface area contributed by atoms with Crippen molar-refractivity contribution in [2.45, 2.75) is 67.5 Å². The Morgan fingerprint density at radius 1 is 0.909 bits per heavy atom. The van der Waals surface area contributed by atoms with Crippen LogP contribution in [-0.2, 0) is 9.47 Å². The summed E-state index contributed by atoms with van der Waals surface area (Å²) >= 11 is 0. The maximum atomic E-state index is 10.2. The minimum Gasteiger partial charge on any atom is -0.387 e. The summed E-state index contributed by atoms with van der Waals surface area (Å²) in [5, 5.41) is 40.1. The fraction of sp³-hybridized carbons (Fsp3) is 1.00. The van der Waals surface area contributed by atoms with Gasteiger partial charge in [-0.1, -0.05) is 0 Å². The molecular weight excluding hydrogens is 296 g/mol. The van der Waals surface area contributed by atoms with Gasteiger partial charge in [0.2, 0.25) is 6.29 Å². The van der Waals surface area contributed by atoms with Crippen LogP contribution in [0.25, 0.3) is 0 Å². The van der Waals surface area contributed by atoms with E-state index in [9.17, 15) is 20.4 Å². The second-order valence-corrected chi connectivity index (χ2v) is 6.31. The molecule has 0 aromatic rings. The van der Waals surface area contributed by atoms with E-state index in [1.165, 1.54) is 0 Å². The van der Waals surface area contributed by atoms with Crippen molar-refractivity contribution in [3.8, 4) is 0 Å². The Kier molecular flexibility index (Phi) is 5.72. The van der Waals surface area contributed by atoms with Crippen molar-refractivity contribution in [3.05, 3.63) is 0 Å². The normalized spacial score (nSPS) is 53.5. The molecule has 0 radical (unpaired) electrons. The van der Waals surface area contributed by atoms with Crippen molar-refractivity contribution in [1.82, 2.24) is 0 Å². The van der Waals surface area contributed by atoms with Gasteiger partial charge in [-0.2, -0.15) is 0 Å². The highest BCUT2D eigenvalue weighted by Gasteiger charge is 2.51. The highest BCUT2D eigenvalue weighted by Crippen LogP contribution is 2.25. The Morgan fingerprint density at radius 3 is 2.14 bits per heavy atom. The van der Waals surface area contributed by atoms with E-state index < -0.39 is 49.0 Å². The number of aliphatic hydroxyl groups is 4. The maximum absolute atomic E-state index is 10.2. The number of ether oxygens (including phenoxy) is 2. The summed E-state index contributed by atoms with van der Waals surface area (Å²) < 4.78 is 11.4. The predicted octanol–water partition coefficient (Wildman–Crippen LogP) is -7.98. The zero-order valence-electron chi connectivity index (χ0n) is 12.6. The van der Waals surface area contributed by atoms with Gasteiger partial charge in [-0.05, 0) is 0 Å². The predicted molar refractivity (Wildman–Crippen MR) is 70.0 cm³/mol. The Labute approximate surface area is 128 Å². The second-order valence-electron chi connectivity index (χ2n) is 6.31. The molecule has 0 aromatic carbocycles. The molecule has 1 saturated carbocycles. The topological polar surface area (TPSA) is 210 Å². The molecule has 10 heteroatoms. The summed E-state index contributed by atoms with van der Waals surface area (Å²) in [5.74, 6) is 0. The van der Waals surface area contributed by atoms with Gasteiger partial charge in [-0.15, -0.1) is 0 Å². The lowest BCUT2D eigenvalue weighted by atomic mass is 9.84. The Morgan fingerprint density at radius 2 is 1.55 bits per heavy atom. The smallest absolute Gasteiger partial charge is 0.214 e. The van der Waals surface area contributed by atoms with Gasteiger partial charge >= 0.3 is 0 Å². The number of hydrogen-bond acceptors (Lipinski definition) is 6. The molecule has 2 rings (SSSR count). The molecule has 2 fully saturated rings. The van der Waals surface area contributed by atoms with E-state index in [-0.39, 0.29) is 18.6 Å². The quantitative estimate of drug-likeness (QED) is 0.252. The third-order valence-corrected chi connectivity index (χ3v) is 4.64. The van der Waals surface area contributed by atoms with Crippen LogP contribution in [0.3, 0.4) is 0 Å². The number of quaternary nitrogens is 4. The van der Waals surface area contributed by atoms with Crippen molar-refractivity contribution in [3.63, 3.8) is 0 Å². The first-order valence-electron chi connectivity index (χ1n) is 7.59. The van der Waals surface area contributed by atoms with Crippen LogP contribution in [-0.4, -0.2) is 88.0 Å². The van der Waals surface area contributed by atoms with Crippen LogP contribution in [0.5, 0.6) is 0 Å². The summed E-state index contributed by atoms with van der Waals surface area (Å²) in [6.07, 6.45) is -6.18. The molecule has 0 unspecified atom stereocenters. The van der Waals surface area contributed by atoms with E-state index in [2.05, 4.69) is 22.9 Å². The first-order valence-corrected chi connectivity index (χ1v) is 7.59. The van der Waals surface area contributed by atoms with Crippen LogP contribution in [0.15, 0.2) is 0 Å². The monoisotopic (exact) mass is 326 g/mol. The molecule has 130 valence electrons. The molecule has 0 amide bonds. The van der Waals surface area contributed by atoms with Gasteiger partial charge in [-0.3, -0.25) is 0 Å². The number of rotatable bonds is 3. The number of aliphatic hydroxyl groups excluding tert-OH is 4. The van der Waals surface area contributed by atoms with Gasteiger partial charge in [0, 0.05) is 0 Å². The summed E-state index contributed by atoms with van der Waals surface area (Å²) in [6, 6.07) is -1.33. The molecule has 0 aromatic heterocycles. The van der Waals surface area contributed by atoms with Crippen molar-refractivity contribution >= 4 is 0 Å². The zero-order chi connectivity index (χ0) is 16.6. The molecule has 0 bridgehead atoms. The zero-order valence-corrected chi connectivity index (χ0v) is 12.6. The minimum atomic E-state index is -1.14. The molecule has 22 heavy (non-hydrogen) atoms. The van der Waals surface area contributed by atoms with Crippen LogP contribution >= 0.6 is 0 Å². The van der Waals surface area contributed by atoms with E-state index in [4.69, 9.17) is 9.47 Å². The molecule has 10 atom stereocenters. The fourth-order valence-corrected chi connectivity index (χ4v) is 3.12. The molecule has 10 nitrogen and oxygen atoms in total. The standard InChI is InChI=1S/C12H26N4O6/c13-2-5-8(18)9(19)6(16)12(21-5)22-11-4(15)1-3(14)7(17)10(11)20/h3-12,17-20H,1-2,13-16H2/p+4/t3-,4+,5-,6-,7+,8-,9-,10-,11-,12-/m1/s1. The summed E-state index contributed by atoms with van der Waals surface area (Å²) in [4.78, 5) is 0. The first-order chi connectivity index (χ1) is 10.3. The van der Waals surface area contributed by atoms with E-state index in [0.29, 0.717) is 6.42 Å². The van der Waals surface area contributed by atoms with Crippen molar-refractivity contribution in [2.24, 2.45) is 0 Å². The summed E-state index contributed by atoms with van der Waals surface area (Å²) in [6.45, 7) is 0.259. The SMILES string of the molecule is [NH3+]C[C@H]1O[C@H](O[C@H]2[C@H](O)[C@@H](O)[C@H]([NH3+])C[C@@H]2[NH3+])[C@H]([NH3+])[C@@H](O)[C@@H]1O. The lowest BCUT2D eigenvalue weighted by Crippen LogP contribution is -2.83. The van der Waals surface area contributed by atoms with Crippen LogP contribution in [0.2, 0.25) is 0 Å². The Hall–Kier alpha value is -0.400. The van der Waals surface area contributed by atoms with Gasteiger partial charge < -0.3 is 52.8 Å². The lowest BCUT2D eigenvalue weighted by molar-refractivity contribution is -0.534. The second kappa shape index (κ2) is 7.01. The van der Waals surface area contributed by atoms with Gasteiger partial charge in [0.05, 0.1) is 6.42 Å². The maximum Gasteiger partial charge on any atom is 0.214 e.